The molecule has 0 aliphatic rings. The molecule has 0 fully saturated rings. The number of anilines is 1. The van der Waals surface area contributed by atoms with Crippen LogP contribution in [0.2, 0.25) is 0 Å². The molecule has 0 radical (unpaired) electrons. The summed E-state index contributed by atoms with van der Waals surface area (Å²) in [6.07, 6.45) is 0.526. The van der Waals surface area contributed by atoms with E-state index < -0.39 is 16.0 Å². The Morgan fingerprint density at radius 1 is 1.10 bits per heavy atom. The van der Waals surface area contributed by atoms with Crippen LogP contribution in [0.25, 0.3) is 0 Å². The van der Waals surface area contributed by atoms with Crippen molar-refractivity contribution in [1.82, 2.24) is 0 Å². The third-order valence-electron chi connectivity index (χ3n) is 4.38. The molecular formula is C21H21NO5S2. The summed E-state index contributed by atoms with van der Waals surface area (Å²) in [5.41, 5.74) is 2.67. The van der Waals surface area contributed by atoms with Gasteiger partial charge >= 0.3 is 5.97 Å². The molecular weight excluding hydrogens is 410 g/mol. The maximum Gasteiger partial charge on any atom is 0.350 e. The second kappa shape index (κ2) is 8.67. The number of methoxy groups -OCH3 is 2. The van der Waals surface area contributed by atoms with Gasteiger partial charge in [-0.2, -0.15) is 0 Å². The van der Waals surface area contributed by atoms with Crippen LogP contribution < -0.4 is 9.46 Å². The largest absolute Gasteiger partial charge is 0.496 e. The molecule has 3 aromatic rings. The summed E-state index contributed by atoms with van der Waals surface area (Å²) in [5, 5.41) is 1.71. The van der Waals surface area contributed by atoms with Crippen molar-refractivity contribution in [3.05, 3.63) is 75.5 Å². The van der Waals surface area contributed by atoms with E-state index in [1.54, 1.807) is 31.5 Å². The van der Waals surface area contributed by atoms with Gasteiger partial charge in [0.25, 0.3) is 10.0 Å². The van der Waals surface area contributed by atoms with Crippen LogP contribution in [0.4, 0.5) is 5.69 Å². The first-order valence-electron chi connectivity index (χ1n) is 8.75. The number of aryl methyl sites for hydroxylation is 1. The molecule has 8 heteroatoms. The average molecular weight is 432 g/mol. The van der Waals surface area contributed by atoms with E-state index in [0.717, 1.165) is 22.5 Å². The van der Waals surface area contributed by atoms with Crippen molar-refractivity contribution in [1.29, 1.82) is 0 Å². The molecule has 6 nitrogen and oxygen atoms in total. The Morgan fingerprint density at radius 2 is 1.83 bits per heavy atom. The number of rotatable bonds is 7. The molecule has 0 unspecified atom stereocenters. The quantitative estimate of drug-likeness (QED) is 0.566. The van der Waals surface area contributed by atoms with Gasteiger partial charge in [-0.3, -0.25) is 4.72 Å². The Labute approximate surface area is 174 Å². The van der Waals surface area contributed by atoms with Crippen LogP contribution >= 0.6 is 11.3 Å². The van der Waals surface area contributed by atoms with Gasteiger partial charge in [0.05, 0.1) is 24.8 Å². The van der Waals surface area contributed by atoms with E-state index in [1.165, 1.54) is 13.2 Å². The minimum absolute atomic E-state index is 0.0886. The predicted molar refractivity (Wildman–Crippen MR) is 113 cm³/mol. The fourth-order valence-corrected chi connectivity index (χ4v) is 5.06. The number of ether oxygens (including phenoxy) is 2. The molecule has 3 rings (SSSR count). The van der Waals surface area contributed by atoms with E-state index in [-0.39, 0.29) is 15.5 Å². The number of benzene rings is 2. The molecule has 0 aliphatic carbocycles. The molecule has 29 heavy (non-hydrogen) atoms. The van der Waals surface area contributed by atoms with E-state index in [9.17, 15) is 13.2 Å². The Hall–Kier alpha value is -2.84. The van der Waals surface area contributed by atoms with E-state index in [4.69, 9.17) is 9.47 Å². The minimum atomic E-state index is -3.92. The molecule has 0 saturated carbocycles. The lowest BCUT2D eigenvalue weighted by Crippen LogP contribution is -2.16. The van der Waals surface area contributed by atoms with Crippen LogP contribution in [0, 0.1) is 6.92 Å². The van der Waals surface area contributed by atoms with Crippen molar-refractivity contribution in [3.8, 4) is 5.75 Å². The Morgan fingerprint density at radius 3 is 2.48 bits per heavy atom. The van der Waals surface area contributed by atoms with Gasteiger partial charge in [0.1, 0.15) is 10.6 Å². The van der Waals surface area contributed by atoms with Crippen LogP contribution in [0.15, 0.2) is 58.8 Å². The summed E-state index contributed by atoms with van der Waals surface area (Å²) in [5.74, 6) is 0.0232. The van der Waals surface area contributed by atoms with Gasteiger partial charge in [-0.25, -0.2) is 13.2 Å². The van der Waals surface area contributed by atoms with Gasteiger partial charge in [-0.15, -0.1) is 11.3 Å². The number of carbonyl (C=O) groups excluding carboxylic acids is 1. The van der Waals surface area contributed by atoms with Crippen molar-refractivity contribution >= 4 is 33.0 Å². The molecule has 0 atom stereocenters. The second-order valence-corrected chi connectivity index (χ2v) is 8.92. The highest BCUT2D eigenvalue weighted by Gasteiger charge is 2.23. The zero-order chi connectivity index (χ0) is 21.0. The summed E-state index contributed by atoms with van der Waals surface area (Å²) >= 11 is 1.13. The Kier molecular flexibility index (Phi) is 6.24. The van der Waals surface area contributed by atoms with Gasteiger partial charge < -0.3 is 9.47 Å². The Balaban J connectivity index is 1.97. The van der Waals surface area contributed by atoms with Crippen molar-refractivity contribution in [2.75, 3.05) is 18.9 Å². The molecule has 0 saturated heterocycles. The zero-order valence-corrected chi connectivity index (χ0v) is 17.9. The first-order valence-corrected chi connectivity index (χ1v) is 11.1. The van der Waals surface area contributed by atoms with Gasteiger partial charge in [0.15, 0.2) is 0 Å². The topological polar surface area (TPSA) is 81.7 Å². The first kappa shape index (κ1) is 20.9. The summed E-state index contributed by atoms with van der Waals surface area (Å²) < 4.78 is 38.7. The maximum atomic E-state index is 13.0. The third-order valence-corrected chi connectivity index (χ3v) is 6.81. The van der Waals surface area contributed by atoms with Gasteiger partial charge in [-0.1, -0.05) is 30.3 Å². The number of hydrogen-bond donors (Lipinski definition) is 1. The third kappa shape index (κ3) is 4.60. The van der Waals surface area contributed by atoms with E-state index in [0.29, 0.717) is 17.7 Å². The average Bonchev–Trinajstić information content (AvgIpc) is 3.08. The predicted octanol–water partition coefficient (Wildman–Crippen LogP) is 4.24. The van der Waals surface area contributed by atoms with Crippen LogP contribution in [0.5, 0.6) is 5.75 Å². The Bertz CT molecular complexity index is 1120. The summed E-state index contributed by atoms with van der Waals surface area (Å²) in [6, 6.07) is 14.4. The maximum absolute atomic E-state index is 13.0. The molecule has 0 aliphatic heterocycles. The molecule has 1 aromatic heterocycles. The molecule has 0 bridgehead atoms. The minimum Gasteiger partial charge on any atom is -0.496 e. The van der Waals surface area contributed by atoms with E-state index in [1.807, 2.05) is 30.3 Å². The fraction of sp³-hybridized carbons (Fsp3) is 0.190. The van der Waals surface area contributed by atoms with Gasteiger partial charge in [0.2, 0.25) is 0 Å². The lowest BCUT2D eigenvalue weighted by Gasteiger charge is -2.13. The molecule has 152 valence electrons. The first-order chi connectivity index (χ1) is 13.9. The second-order valence-electron chi connectivity index (χ2n) is 6.36. The zero-order valence-electron chi connectivity index (χ0n) is 16.3. The van der Waals surface area contributed by atoms with Crippen molar-refractivity contribution in [2.45, 2.75) is 18.2 Å². The lowest BCUT2D eigenvalue weighted by molar-refractivity contribution is 0.0607. The highest BCUT2D eigenvalue weighted by atomic mass is 32.2. The SMILES string of the molecule is COC(=O)c1scc(C)c1NS(=O)(=O)c1ccc(OC)c(Cc2ccccc2)c1. The van der Waals surface area contributed by atoms with Gasteiger partial charge in [-0.05, 0) is 47.2 Å². The molecule has 2 aromatic carbocycles. The van der Waals surface area contributed by atoms with Gasteiger partial charge in [0, 0.05) is 6.42 Å². The standard InChI is InChI=1S/C21H21NO5S2/c1-14-13-28-20(21(23)27-3)19(14)22-29(24,25)17-9-10-18(26-2)16(12-17)11-15-7-5-4-6-8-15/h4-10,12-13,22H,11H2,1-3H3. The monoisotopic (exact) mass is 431 g/mol. The van der Waals surface area contributed by atoms with Crippen LogP contribution in [-0.4, -0.2) is 28.6 Å². The highest BCUT2D eigenvalue weighted by Crippen LogP contribution is 2.32. The van der Waals surface area contributed by atoms with Crippen LogP contribution in [0.1, 0.15) is 26.4 Å². The van der Waals surface area contributed by atoms with Crippen LogP contribution in [0.3, 0.4) is 0 Å². The van der Waals surface area contributed by atoms with Crippen LogP contribution in [-0.2, 0) is 21.2 Å². The van der Waals surface area contributed by atoms with E-state index in [2.05, 4.69) is 4.72 Å². The smallest absolute Gasteiger partial charge is 0.350 e. The number of hydrogen-bond acceptors (Lipinski definition) is 6. The summed E-state index contributed by atoms with van der Waals surface area (Å²) in [7, 11) is -1.11. The van der Waals surface area contributed by atoms with Crippen molar-refractivity contribution < 1.29 is 22.7 Å². The molecule has 1 heterocycles. The number of esters is 1. The summed E-state index contributed by atoms with van der Waals surface area (Å²) in [6.45, 7) is 1.73. The summed E-state index contributed by atoms with van der Waals surface area (Å²) in [4.78, 5) is 12.3. The molecule has 1 N–H and O–H groups in total. The number of carbonyl (C=O) groups is 1. The van der Waals surface area contributed by atoms with Crippen molar-refractivity contribution in [3.63, 3.8) is 0 Å². The highest BCUT2D eigenvalue weighted by molar-refractivity contribution is 7.92. The molecule has 0 spiro atoms. The van der Waals surface area contributed by atoms with E-state index >= 15 is 0 Å². The normalized spacial score (nSPS) is 11.1. The number of sulfonamides is 1. The lowest BCUT2D eigenvalue weighted by atomic mass is 10.0. The van der Waals surface area contributed by atoms with Crippen molar-refractivity contribution in [2.24, 2.45) is 0 Å². The number of nitrogens with one attached hydrogen (secondary N) is 1. The molecule has 0 amide bonds. The fourth-order valence-electron chi connectivity index (χ4n) is 2.88. The number of thiophene rings is 1.